The fourth-order valence-electron chi connectivity index (χ4n) is 5.41. The van der Waals surface area contributed by atoms with Crippen molar-refractivity contribution in [2.45, 2.75) is 53.9 Å². The number of carboxylic acid groups (broad SMARTS) is 1. The zero-order chi connectivity index (χ0) is 35.3. The number of amides is 1. The topological polar surface area (TPSA) is 154 Å². The van der Waals surface area contributed by atoms with Crippen LogP contribution in [0.25, 0.3) is 10.9 Å². The summed E-state index contributed by atoms with van der Waals surface area (Å²) in [6, 6.07) is 6.56. The normalized spacial score (nSPS) is 11.8. The molecule has 0 unspecified atom stereocenters. The first-order valence-electron chi connectivity index (χ1n) is 14.3. The van der Waals surface area contributed by atoms with Crippen molar-refractivity contribution in [2.75, 3.05) is 19.1 Å². The highest BCUT2D eigenvalue weighted by atomic mass is 19.1. The van der Waals surface area contributed by atoms with Crippen LogP contribution in [-0.2, 0) is 10.2 Å². The molecular formula is C33H34F2N4O8. The van der Waals surface area contributed by atoms with E-state index in [0.717, 1.165) is 31.4 Å². The van der Waals surface area contributed by atoms with Gasteiger partial charge in [-0.25, -0.2) is 23.1 Å². The predicted molar refractivity (Wildman–Crippen MR) is 169 cm³/mol. The van der Waals surface area contributed by atoms with Crippen LogP contribution in [0.5, 0.6) is 11.5 Å². The summed E-state index contributed by atoms with van der Waals surface area (Å²) in [4.78, 5) is 57.9. The number of aromatic nitrogens is 2. The second-order valence-electron chi connectivity index (χ2n) is 12.9. The number of ether oxygens (including phenoxy) is 2. The van der Waals surface area contributed by atoms with E-state index in [4.69, 9.17) is 9.47 Å². The van der Waals surface area contributed by atoms with E-state index in [9.17, 15) is 29.6 Å². The van der Waals surface area contributed by atoms with E-state index in [1.165, 1.54) is 18.2 Å². The van der Waals surface area contributed by atoms with E-state index >= 15 is 8.78 Å². The number of nitrogens with zero attached hydrogens (tertiary/aromatic N) is 4. The fraction of sp³-hybridized carbons (Fsp3) is 0.333. The lowest BCUT2D eigenvalue weighted by atomic mass is 9.83. The lowest BCUT2D eigenvalue weighted by molar-refractivity contribution is -0.384. The van der Waals surface area contributed by atoms with Gasteiger partial charge in [-0.15, -0.1) is 0 Å². The summed E-state index contributed by atoms with van der Waals surface area (Å²) in [6.45, 7) is 11.4. The monoisotopic (exact) mass is 652 g/mol. The number of hydrogen-bond donors (Lipinski definition) is 1. The molecular weight excluding hydrogens is 618 g/mol. The van der Waals surface area contributed by atoms with E-state index in [0.29, 0.717) is 10.1 Å². The van der Waals surface area contributed by atoms with Gasteiger partial charge in [0.25, 0.3) is 5.69 Å². The van der Waals surface area contributed by atoms with E-state index in [1.54, 1.807) is 54.5 Å². The Hall–Kier alpha value is -5.40. The third kappa shape index (κ3) is 5.86. The molecule has 14 heteroatoms. The summed E-state index contributed by atoms with van der Waals surface area (Å²) in [5.74, 6) is -5.76. The minimum atomic E-state index is -1.66. The van der Waals surface area contributed by atoms with Crippen LogP contribution in [0.15, 0.2) is 36.5 Å². The lowest BCUT2D eigenvalue weighted by Crippen LogP contribution is -2.37. The molecule has 0 atom stereocenters. The number of halogens is 2. The first-order chi connectivity index (χ1) is 21.8. The third-order valence-electron chi connectivity index (χ3n) is 7.51. The summed E-state index contributed by atoms with van der Waals surface area (Å²) in [7, 11) is 2.21. The molecule has 4 aromatic rings. The van der Waals surface area contributed by atoms with E-state index < -0.39 is 67.9 Å². The molecule has 1 N–H and O–H groups in total. The molecule has 4 rings (SSSR count). The number of fused-ring (bicyclic) bond motifs is 1. The number of ketones is 1. The number of nitro benzene ring substituents is 1. The van der Waals surface area contributed by atoms with Gasteiger partial charge in [0.05, 0.1) is 30.9 Å². The van der Waals surface area contributed by atoms with Crippen LogP contribution in [0, 0.1) is 34.1 Å². The van der Waals surface area contributed by atoms with Gasteiger partial charge in [-0.05, 0) is 29.5 Å². The van der Waals surface area contributed by atoms with Crippen molar-refractivity contribution in [3.8, 4) is 11.5 Å². The molecule has 0 saturated heterocycles. The highest BCUT2D eigenvalue weighted by Gasteiger charge is 2.39. The minimum absolute atomic E-state index is 0.0526. The van der Waals surface area contributed by atoms with Crippen LogP contribution in [0.1, 0.15) is 68.7 Å². The number of anilines is 2. The molecule has 0 aliphatic heterocycles. The second-order valence-corrected chi connectivity index (χ2v) is 12.9. The Kier molecular flexibility index (Phi) is 8.86. The molecule has 2 aromatic heterocycles. The Balaban J connectivity index is 2.18. The van der Waals surface area contributed by atoms with Crippen molar-refractivity contribution in [3.63, 3.8) is 0 Å². The molecule has 47 heavy (non-hydrogen) atoms. The molecule has 248 valence electrons. The van der Waals surface area contributed by atoms with Crippen molar-refractivity contribution in [1.82, 2.24) is 9.55 Å². The van der Waals surface area contributed by atoms with Gasteiger partial charge in [0.15, 0.2) is 23.1 Å². The zero-order valence-corrected chi connectivity index (χ0v) is 27.3. The Morgan fingerprint density at radius 1 is 1.00 bits per heavy atom. The van der Waals surface area contributed by atoms with Crippen LogP contribution < -0.4 is 14.4 Å². The third-order valence-corrected chi connectivity index (χ3v) is 7.51. The van der Waals surface area contributed by atoms with Crippen molar-refractivity contribution >= 4 is 45.9 Å². The number of nitro groups is 1. The van der Waals surface area contributed by atoms with Crippen molar-refractivity contribution in [2.24, 2.45) is 5.41 Å². The Morgan fingerprint density at radius 3 is 2.04 bits per heavy atom. The summed E-state index contributed by atoms with van der Waals surface area (Å²) in [5.41, 5.74) is -3.93. The quantitative estimate of drug-likeness (QED) is 0.123. The Bertz CT molecular complexity index is 1940. The maximum absolute atomic E-state index is 15.6. The van der Waals surface area contributed by atoms with Crippen LogP contribution in [-0.4, -0.2) is 51.6 Å². The highest BCUT2D eigenvalue weighted by Crippen LogP contribution is 2.43. The average molecular weight is 653 g/mol. The van der Waals surface area contributed by atoms with Gasteiger partial charge in [-0.2, -0.15) is 0 Å². The molecule has 0 saturated carbocycles. The van der Waals surface area contributed by atoms with Gasteiger partial charge >= 0.3 is 6.09 Å². The van der Waals surface area contributed by atoms with Crippen LogP contribution in [0.4, 0.5) is 30.8 Å². The Morgan fingerprint density at radius 2 is 1.57 bits per heavy atom. The standard InChI is InChI=1S/C33H34F2N4O8/c1-16-11-10-12-18(39(44)45)27(16)38(30(41)33(5,6)7)22-13-17-19(15-36-22)37(31(42)43)28(24(17)32(2,3)4)29(40)23-25(34)20(46-8)14-21(47-9)26(23)35/h10-15H,1-9H3,(H,42,43). The number of methoxy groups -OCH3 is 2. The van der Waals surface area contributed by atoms with Crippen molar-refractivity contribution in [3.05, 3.63) is 80.7 Å². The molecule has 2 heterocycles. The fourth-order valence-corrected chi connectivity index (χ4v) is 5.41. The molecule has 0 fully saturated rings. The first-order valence-corrected chi connectivity index (χ1v) is 14.3. The number of hydrogen-bond acceptors (Lipinski definition) is 8. The molecule has 0 spiro atoms. The molecule has 2 aromatic carbocycles. The second kappa shape index (κ2) is 12.1. The minimum Gasteiger partial charge on any atom is -0.494 e. The maximum Gasteiger partial charge on any atom is 0.416 e. The zero-order valence-electron chi connectivity index (χ0n) is 27.3. The summed E-state index contributed by atoms with van der Waals surface area (Å²) >= 11 is 0. The predicted octanol–water partition coefficient (Wildman–Crippen LogP) is 7.31. The molecule has 1 amide bonds. The van der Waals surface area contributed by atoms with Crippen molar-refractivity contribution < 1.29 is 42.7 Å². The molecule has 0 aliphatic carbocycles. The number of pyridine rings is 1. The van der Waals surface area contributed by atoms with E-state index in [-0.39, 0.29) is 33.7 Å². The van der Waals surface area contributed by atoms with Gasteiger partial charge in [0, 0.05) is 22.9 Å². The SMILES string of the molecule is COc1cc(OC)c(F)c(C(=O)c2c(C(C)(C)C)c3cc(N(C(=O)C(C)(C)C)c4c(C)cccc4[N+](=O)[O-])ncc3n2C(=O)O)c1F. The average Bonchev–Trinajstić information content (AvgIpc) is 3.33. The number of carbonyl (C=O) groups excluding carboxylic acids is 2. The first kappa shape index (κ1) is 34.5. The number of benzene rings is 2. The summed E-state index contributed by atoms with van der Waals surface area (Å²) in [6.07, 6.45) is -0.562. The van der Waals surface area contributed by atoms with Crippen LogP contribution in [0.3, 0.4) is 0 Å². The van der Waals surface area contributed by atoms with Crippen LogP contribution in [0.2, 0.25) is 0 Å². The van der Waals surface area contributed by atoms with Gasteiger partial charge in [0.2, 0.25) is 11.7 Å². The summed E-state index contributed by atoms with van der Waals surface area (Å²) in [5, 5.41) is 22.6. The molecule has 0 aliphatic rings. The van der Waals surface area contributed by atoms with Crippen LogP contribution >= 0.6 is 0 Å². The van der Waals surface area contributed by atoms with Gasteiger partial charge in [0.1, 0.15) is 22.8 Å². The van der Waals surface area contributed by atoms with E-state index in [2.05, 4.69) is 4.98 Å². The number of carbonyl (C=O) groups is 3. The summed E-state index contributed by atoms with van der Waals surface area (Å²) < 4.78 is 41.7. The highest BCUT2D eigenvalue weighted by molar-refractivity contribution is 6.16. The molecule has 0 bridgehead atoms. The molecule has 0 radical (unpaired) electrons. The van der Waals surface area contributed by atoms with Gasteiger partial charge < -0.3 is 14.6 Å². The van der Waals surface area contributed by atoms with Gasteiger partial charge in [-0.1, -0.05) is 53.7 Å². The number of rotatable bonds is 7. The van der Waals surface area contributed by atoms with Crippen molar-refractivity contribution in [1.29, 1.82) is 0 Å². The van der Waals surface area contributed by atoms with E-state index in [1.807, 2.05) is 0 Å². The Labute approximate surface area is 268 Å². The van der Waals surface area contributed by atoms with Gasteiger partial charge in [-0.3, -0.25) is 24.6 Å². The maximum atomic E-state index is 15.6. The largest absolute Gasteiger partial charge is 0.494 e. The number of aryl methyl sites for hydroxylation is 1. The smallest absolute Gasteiger partial charge is 0.416 e. The number of para-hydroxylation sites is 1. The molecule has 12 nitrogen and oxygen atoms in total. The lowest BCUT2D eigenvalue weighted by Gasteiger charge is -2.29.